The van der Waals surface area contributed by atoms with Crippen LogP contribution in [0.15, 0.2) is 84.9 Å². The van der Waals surface area contributed by atoms with Crippen molar-refractivity contribution in [3.8, 4) is 0 Å². The molecule has 0 saturated carbocycles. The molecule has 0 aliphatic carbocycles. The van der Waals surface area contributed by atoms with Gasteiger partial charge in [0.15, 0.2) is 0 Å². The van der Waals surface area contributed by atoms with E-state index in [0.717, 1.165) is 0 Å². The molecular weight excluding hydrogens is 276 g/mol. The molecule has 0 atom stereocenters. The van der Waals surface area contributed by atoms with Gasteiger partial charge in [-0.1, -0.05) is 111 Å². The minimum atomic E-state index is -0.0289. The number of hydrogen-bond acceptors (Lipinski definition) is 0. The van der Waals surface area contributed by atoms with E-state index in [0.29, 0.717) is 0 Å². The fraction of sp³-hybridized carbons (Fsp3) is 0.130. The molecule has 3 rings (SSSR count). The van der Waals surface area contributed by atoms with Gasteiger partial charge in [0.1, 0.15) is 0 Å². The highest BCUT2D eigenvalue weighted by Crippen LogP contribution is 2.34. The lowest BCUT2D eigenvalue weighted by atomic mass is 9.76. The van der Waals surface area contributed by atoms with Crippen molar-refractivity contribution >= 4 is 12.2 Å². The van der Waals surface area contributed by atoms with Crippen molar-refractivity contribution in [3.05, 3.63) is 107 Å². The quantitative estimate of drug-likeness (QED) is 0.504. The Labute approximate surface area is 139 Å². The van der Waals surface area contributed by atoms with E-state index in [1.54, 1.807) is 0 Å². The van der Waals surface area contributed by atoms with Crippen LogP contribution >= 0.6 is 0 Å². The molecule has 0 aromatic heterocycles. The molecule has 0 unspecified atom stereocenters. The second kappa shape index (κ2) is 6.66. The highest BCUT2D eigenvalue weighted by atomic mass is 14.3. The van der Waals surface area contributed by atoms with Crippen LogP contribution in [-0.4, -0.2) is 0 Å². The molecule has 0 nitrogen and oxygen atoms in total. The summed E-state index contributed by atoms with van der Waals surface area (Å²) in [6.45, 7) is 4.58. The average Bonchev–Trinajstić information content (AvgIpc) is 2.62. The van der Waals surface area contributed by atoms with E-state index in [4.69, 9.17) is 0 Å². The summed E-state index contributed by atoms with van der Waals surface area (Å²) in [5, 5.41) is 0. The zero-order valence-electron chi connectivity index (χ0n) is 13.7. The summed E-state index contributed by atoms with van der Waals surface area (Å²) >= 11 is 0. The van der Waals surface area contributed by atoms with Crippen LogP contribution in [0.2, 0.25) is 0 Å². The predicted molar refractivity (Wildman–Crippen MR) is 100 cm³/mol. The van der Waals surface area contributed by atoms with Crippen molar-refractivity contribution < 1.29 is 0 Å². The van der Waals surface area contributed by atoms with Gasteiger partial charge >= 0.3 is 0 Å². The Morgan fingerprint density at radius 3 is 1.87 bits per heavy atom. The summed E-state index contributed by atoms with van der Waals surface area (Å²) in [5.41, 5.74) is 5.14. The van der Waals surface area contributed by atoms with E-state index < -0.39 is 0 Å². The highest BCUT2D eigenvalue weighted by Gasteiger charge is 2.24. The summed E-state index contributed by atoms with van der Waals surface area (Å²) in [7, 11) is 0. The van der Waals surface area contributed by atoms with Gasteiger partial charge in [-0.15, -0.1) is 0 Å². The van der Waals surface area contributed by atoms with Gasteiger partial charge in [-0.25, -0.2) is 0 Å². The van der Waals surface area contributed by atoms with E-state index >= 15 is 0 Å². The van der Waals surface area contributed by atoms with Crippen LogP contribution in [0.3, 0.4) is 0 Å². The van der Waals surface area contributed by atoms with E-state index in [1.807, 2.05) is 6.07 Å². The lowest BCUT2D eigenvalue weighted by Gasteiger charge is -2.28. The Kier molecular flexibility index (Phi) is 4.43. The average molecular weight is 298 g/mol. The zero-order valence-corrected chi connectivity index (χ0v) is 13.7. The zero-order chi connectivity index (χ0) is 16.1. The first kappa shape index (κ1) is 15.3. The van der Waals surface area contributed by atoms with Crippen molar-refractivity contribution in [1.82, 2.24) is 0 Å². The van der Waals surface area contributed by atoms with Crippen molar-refractivity contribution in [2.24, 2.45) is 0 Å². The Balaban J connectivity index is 2.00. The second-order valence-electron chi connectivity index (χ2n) is 6.32. The summed E-state index contributed by atoms with van der Waals surface area (Å²) in [5.74, 6) is 0. The lowest BCUT2D eigenvalue weighted by Crippen LogP contribution is -2.20. The van der Waals surface area contributed by atoms with Gasteiger partial charge in [0, 0.05) is 5.41 Å². The molecule has 23 heavy (non-hydrogen) atoms. The molecule has 3 aromatic carbocycles. The summed E-state index contributed by atoms with van der Waals surface area (Å²) in [4.78, 5) is 0. The molecule has 0 aliphatic rings. The first-order valence-electron chi connectivity index (χ1n) is 8.06. The molecule has 0 N–H and O–H groups in total. The fourth-order valence-electron chi connectivity index (χ4n) is 2.97. The molecule has 3 aromatic rings. The largest absolute Gasteiger partial charge is 0.0622 e. The molecule has 0 bridgehead atoms. The number of benzene rings is 3. The third kappa shape index (κ3) is 3.43. The third-order valence-electron chi connectivity index (χ3n) is 4.38. The maximum atomic E-state index is 2.29. The molecule has 0 heteroatoms. The normalized spacial score (nSPS) is 11.7. The van der Waals surface area contributed by atoms with Crippen LogP contribution in [0.5, 0.6) is 0 Å². The smallest absolute Gasteiger partial charge is 0.0152 e. The Bertz CT molecular complexity index is 781. The maximum absolute atomic E-state index is 2.29. The third-order valence-corrected chi connectivity index (χ3v) is 4.38. The van der Waals surface area contributed by atoms with Crippen molar-refractivity contribution in [3.63, 3.8) is 0 Å². The van der Waals surface area contributed by atoms with Crippen LogP contribution in [0.25, 0.3) is 12.2 Å². The summed E-state index contributed by atoms with van der Waals surface area (Å²) in [6.07, 6.45) is 4.40. The van der Waals surface area contributed by atoms with E-state index in [1.165, 1.54) is 22.3 Å². The molecule has 0 radical (unpaired) electrons. The van der Waals surface area contributed by atoms with Crippen LogP contribution in [0, 0.1) is 0 Å². The second-order valence-corrected chi connectivity index (χ2v) is 6.32. The highest BCUT2D eigenvalue weighted by molar-refractivity contribution is 5.72. The van der Waals surface area contributed by atoms with Crippen LogP contribution < -0.4 is 0 Å². The van der Waals surface area contributed by atoms with Crippen molar-refractivity contribution in [2.45, 2.75) is 19.3 Å². The monoisotopic (exact) mass is 298 g/mol. The number of hydrogen-bond donors (Lipinski definition) is 0. The Morgan fingerprint density at radius 1 is 0.609 bits per heavy atom. The molecule has 0 heterocycles. The van der Waals surface area contributed by atoms with Crippen LogP contribution in [0.4, 0.5) is 0 Å². The molecule has 0 amide bonds. The van der Waals surface area contributed by atoms with E-state index in [2.05, 4.69) is 105 Å². The molecule has 0 saturated heterocycles. The molecule has 114 valence electrons. The van der Waals surface area contributed by atoms with Crippen LogP contribution in [-0.2, 0) is 5.41 Å². The van der Waals surface area contributed by atoms with E-state index in [-0.39, 0.29) is 5.41 Å². The molecule has 0 fully saturated rings. The lowest BCUT2D eigenvalue weighted by molar-refractivity contribution is 0.639. The molecule has 0 aliphatic heterocycles. The standard InChI is InChI=1S/C23H22/c1-23(2,21-14-7-4-8-15-21)22-16-10-9-13-20(22)18-17-19-11-5-3-6-12-19/h3-18H,1-2H3. The van der Waals surface area contributed by atoms with Gasteiger partial charge in [0.05, 0.1) is 0 Å². The topological polar surface area (TPSA) is 0 Å². The van der Waals surface area contributed by atoms with Gasteiger partial charge in [0.25, 0.3) is 0 Å². The van der Waals surface area contributed by atoms with Crippen molar-refractivity contribution in [1.29, 1.82) is 0 Å². The minimum absolute atomic E-state index is 0.0289. The SMILES string of the molecule is CC(C)(c1ccccc1)c1ccccc1C=Cc1ccccc1. The maximum Gasteiger partial charge on any atom is 0.0152 e. The first-order valence-corrected chi connectivity index (χ1v) is 8.06. The molecular formula is C23H22. The van der Waals surface area contributed by atoms with Gasteiger partial charge in [-0.3, -0.25) is 0 Å². The van der Waals surface area contributed by atoms with Gasteiger partial charge in [-0.2, -0.15) is 0 Å². The Morgan fingerprint density at radius 2 is 1.17 bits per heavy atom. The van der Waals surface area contributed by atoms with Gasteiger partial charge in [-0.05, 0) is 22.3 Å². The fourth-order valence-corrected chi connectivity index (χ4v) is 2.97. The first-order chi connectivity index (χ1) is 11.2. The van der Waals surface area contributed by atoms with Crippen molar-refractivity contribution in [2.75, 3.05) is 0 Å². The summed E-state index contributed by atoms with van der Waals surface area (Å²) in [6, 6.07) is 29.8. The molecule has 0 spiro atoms. The minimum Gasteiger partial charge on any atom is -0.0622 e. The predicted octanol–water partition coefficient (Wildman–Crippen LogP) is 6.18. The summed E-state index contributed by atoms with van der Waals surface area (Å²) < 4.78 is 0. The van der Waals surface area contributed by atoms with Gasteiger partial charge in [0.2, 0.25) is 0 Å². The van der Waals surface area contributed by atoms with Crippen LogP contribution in [0.1, 0.15) is 36.1 Å². The van der Waals surface area contributed by atoms with Gasteiger partial charge < -0.3 is 0 Å². The van der Waals surface area contributed by atoms with E-state index in [9.17, 15) is 0 Å². The number of rotatable bonds is 4. The Hall–Kier alpha value is -2.60.